The van der Waals surface area contributed by atoms with Crippen molar-refractivity contribution < 1.29 is 19.4 Å². The van der Waals surface area contributed by atoms with Gasteiger partial charge in [-0.05, 0) is 31.9 Å². The van der Waals surface area contributed by atoms with Gasteiger partial charge < -0.3 is 14.6 Å². The molecule has 3 rings (SSSR count). The van der Waals surface area contributed by atoms with Crippen LogP contribution in [0.25, 0.3) is 0 Å². The molecular weight excluding hydrogens is 222 g/mol. The summed E-state index contributed by atoms with van der Waals surface area (Å²) in [7, 11) is 0. The van der Waals surface area contributed by atoms with Crippen LogP contribution in [0, 0.1) is 0 Å². The molecule has 2 unspecified atom stereocenters. The summed E-state index contributed by atoms with van der Waals surface area (Å²) in [6, 6.07) is 1.42. The van der Waals surface area contributed by atoms with Crippen LogP contribution in [0.1, 0.15) is 35.4 Å². The van der Waals surface area contributed by atoms with E-state index in [1.165, 1.54) is 12.3 Å². The van der Waals surface area contributed by atoms with E-state index in [4.69, 9.17) is 9.52 Å². The van der Waals surface area contributed by atoms with Crippen LogP contribution in [-0.4, -0.2) is 40.2 Å². The smallest absolute Gasteiger partial charge is 0.339 e. The number of fused-ring (bicyclic) bond motifs is 1. The minimum Gasteiger partial charge on any atom is -0.478 e. The molecule has 0 radical (unpaired) electrons. The van der Waals surface area contributed by atoms with Gasteiger partial charge in [-0.15, -0.1) is 0 Å². The van der Waals surface area contributed by atoms with Crippen LogP contribution in [0.5, 0.6) is 0 Å². The molecule has 92 valence electrons. The van der Waals surface area contributed by atoms with Gasteiger partial charge >= 0.3 is 5.97 Å². The Morgan fingerprint density at radius 3 is 3.12 bits per heavy atom. The molecule has 0 spiro atoms. The van der Waals surface area contributed by atoms with Gasteiger partial charge in [0.05, 0.1) is 6.26 Å². The van der Waals surface area contributed by atoms with Crippen molar-refractivity contribution in [3.63, 3.8) is 0 Å². The summed E-state index contributed by atoms with van der Waals surface area (Å²) in [5.41, 5.74) is -1.05. The number of hydrogen-bond acceptors (Lipinski definition) is 4. The van der Waals surface area contributed by atoms with E-state index < -0.39 is 11.6 Å². The molecule has 2 atom stereocenters. The maximum atomic E-state index is 11.1. The van der Waals surface area contributed by atoms with Gasteiger partial charge in [0.25, 0.3) is 0 Å². The molecular formula is C12H15NO4. The normalized spacial score (nSPS) is 32.9. The molecule has 0 saturated carbocycles. The lowest BCUT2D eigenvalue weighted by Gasteiger charge is -2.28. The molecule has 2 saturated heterocycles. The van der Waals surface area contributed by atoms with Crippen molar-refractivity contribution >= 4 is 5.97 Å². The molecule has 5 heteroatoms. The molecule has 17 heavy (non-hydrogen) atoms. The zero-order valence-electron chi connectivity index (χ0n) is 9.43. The summed E-state index contributed by atoms with van der Waals surface area (Å²) in [4.78, 5) is 13.3. The number of carbonyl (C=O) groups is 1. The first kappa shape index (κ1) is 10.8. The first-order valence-corrected chi connectivity index (χ1v) is 5.90. The fraction of sp³-hybridized carbons (Fsp3) is 0.583. The summed E-state index contributed by atoms with van der Waals surface area (Å²) in [6.07, 6.45) is 3.84. The highest BCUT2D eigenvalue weighted by atomic mass is 16.4. The van der Waals surface area contributed by atoms with Crippen molar-refractivity contribution in [2.24, 2.45) is 0 Å². The Morgan fingerprint density at radius 2 is 2.35 bits per heavy atom. The predicted molar refractivity (Wildman–Crippen MR) is 58.8 cm³/mol. The number of hydrogen-bond donors (Lipinski definition) is 2. The fourth-order valence-electron chi connectivity index (χ4n) is 3.19. The van der Waals surface area contributed by atoms with Crippen LogP contribution in [0.3, 0.4) is 0 Å². The van der Waals surface area contributed by atoms with E-state index in [0.717, 1.165) is 25.9 Å². The minimum absolute atomic E-state index is 0.00625. The van der Waals surface area contributed by atoms with Crippen molar-refractivity contribution in [2.75, 3.05) is 13.1 Å². The Bertz CT molecular complexity index is 455. The molecule has 5 nitrogen and oxygen atoms in total. The summed E-state index contributed by atoms with van der Waals surface area (Å²) in [5.74, 6) is -0.821. The van der Waals surface area contributed by atoms with Crippen molar-refractivity contribution in [2.45, 2.75) is 30.9 Å². The molecule has 0 aliphatic carbocycles. The van der Waals surface area contributed by atoms with E-state index in [1.807, 2.05) is 0 Å². The maximum absolute atomic E-state index is 11.1. The first-order valence-electron chi connectivity index (χ1n) is 5.90. The summed E-state index contributed by atoms with van der Waals surface area (Å²) in [5, 5.41) is 19.8. The van der Waals surface area contributed by atoms with E-state index in [9.17, 15) is 9.90 Å². The van der Waals surface area contributed by atoms with Crippen molar-refractivity contribution in [3.05, 3.63) is 23.7 Å². The predicted octanol–water partition coefficient (Wildman–Crippen LogP) is 1.03. The topological polar surface area (TPSA) is 73.9 Å². The molecule has 0 bridgehead atoms. The molecule has 0 amide bonds. The van der Waals surface area contributed by atoms with Gasteiger partial charge in [0.2, 0.25) is 0 Å². The number of aromatic carboxylic acids is 1. The SMILES string of the molecule is O=C(O)c1ccoc1C1(O)CCN2CCCC21. The van der Waals surface area contributed by atoms with E-state index in [1.54, 1.807) is 0 Å². The van der Waals surface area contributed by atoms with Gasteiger partial charge in [-0.2, -0.15) is 0 Å². The molecule has 2 aliphatic rings. The first-order chi connectivity index (χ1) is 8.13. The van der Waals surface area contributed by atoms with Gasteiger partial charge in [-0.1, -0.05) is 0 Å². The van der Waals surface area contributed by atoms with Gasteiger partial charge in [0, 0.05) is 12.6 Å². The summed E-state index contributed by atoms with van der Waals surface area (Å²) in [6.45, 7) is 1.79. The second-order valence-electron chi connectivity index (χ2n) is 4.84. The van der Waals surface area contributed by atoms with Crippen LogP contribution in [-0.2, 0) is 5.60 Å². The fourth-order valence-corrected chi connectivity index (χ4v) is 3.19. The Balaban J connectivity index is 2.02. The number of aliphatic hydroxyl groups is 1. The third-order valence-corrected chi connectivity index (χ3v) is 3.98. The number of furan rings is 1. The largest absolute Gasteiger partial charge is 0.478 e. The lowest BCUT2D eigenvalue weighted by Crippen LogP contribution is -2.39. The van der Waals surface area contributed by atoms with E-state index in [2.05, 4.69) is 4.90 Å². The summed E-state index contributed by atoms with van der Waals surface area (Å²) >= 11 is 0. The molecule has 2 fully saturated rings. The van der Waals surface area contributed by atoms with E-state index >= 15 is 0 Å². The van der Waals surface area contributed by atoms with Crippen molar-refractivity contribution in [1.82, 2.24) is 4.90 Å². The molecule has 0 aromatic carbocycles. The molecule has 3 heterocycles. The molecule has 2 aliphatic heterocycles. The Morgan fingerprint density at radius 1 is 1.53 bits per heavy atom. The van der Waals surface area contributed by atoms with Crippen molar-refractivity contribution in [1.29, 1.82) is 0 Å². The van der Waals surface area contributed by atoms with Crippen LogP contribution < -0.4 is 0 Å². The Labute approximate surface area is 98.6 Å². The van der Waals surface area contributed by atoms with Gasteiger partial charge in [-0.3, -0.25) is 4.90 Å². The van der Waals surface area contributed by atoms with E-state index in [-0.39, 0.29) is 17.4 Å². The minimum atomic E-state index is -1.13. The van der Waals surface area contributed by atoms with Gasteiger partial charge in [-0.25, -0.2) is 4.79 Å². The quantitative estimate of drug-likeness (QED) is 0.803. The highest BCUT2D eigenvalue weighted by Gasteiger charge is 2.52. The Kier molecular flexibility index (Phi) is 2.27. The monoisotopic (exact) mass is 237 g/mol. The number of carboxylic acids is 1. The lowest BCUT2D eigenvalue weighted by atomic mass is 9.88. The van der Waals surface area contributed by atoms with E-state index in [0.29, 0.717) is 6.42 Å². The van der Waals surface area contributed by atoms with Crippen LogP contribution in [0.2, 0.25) is 0 Å². The average molecular weight is 237 g/mol. The lowest BCUT2D eigenvalue weighted by molar-refractivity contribution is -0.0115. The van der Waals surface area contributed by atoms with Gasteiger partial charge in [0.1, 0.15) is 11.2 Å². The zero-order valence-corrected chi connectivity index (χ0v) is 9.43. The number of carboxylic acid groups (broad SMARTS) is 1. The second-order valence-corrected chi connectivity index (χ2v) is 4.84. The second kappa shape index (κ2) is 3.58. The highest BCUT2D eigenvalue weighted by Crippen LogP contribution is 2.44. The molecule has 2 N–H and O–H groups in total. The van der Waals surface area contributed by atoms with Crippen molar-refractivity contribution in [3.8, 4) is 0 Å². The zero-order chi connectivity index (χ0) is 12.0. The third-order valence-electron chi connectivity index (χ3n) is 3.98. The third kappa shape index (κ3) is 1.42. The van der Waals surface area contributed by atoms with Gasteiger partial charge in [0.15, 0.2) is 5.76 Å². The Hall–Kier alpha value is -1.33. The number of rotatable bonds is 2. The highest BCUT2D eigenvalue weighted by molar-refractivity contribution is 5.89. The van der Waals surface area contributed by atoms with Crippen LogP contribution in [0.15, 0.2) is 16.7 Å². The number of nitrogens with zero attached hydrogens (tertiary/aromatic N) is 1. The summed E-state index contributed by atoms with van der Waals surface area (Å²) < 4.78 is 5.26. The standard InChI is InChI=1S/C12H15NO4/c14-11(15)8-3-7-17-10(8)12(16)4-6-13-5-1-2-9(12)13/h3,7,9,16H,1-2,4-6H2,(H,14,15). The average Bonchev–Trinajstić information content (AvgIpc) is 2.96. The van der Waals surface area contributed by atoms with Crippen LogP contribution in [0.4, 0.5) is 0 Å². The molecule has 1 aromatic heterocycles. The maximum Gasteiger partial charge on any atom is 0.339 e. The van der Waals surface area contributed by atoms with Crippen LogP contribution >= 0.6 is 0 Å². The molecule has 1 aromatic rings.